The van der Waals surface area contributed by atoms with E-state index in [2.05, 4.69) is 4.74 Å². The Morgan fingerprint density at radius 2 is 2.00 bits per heavy atom. The fourth-order valence-corrected chi connectivity index (χ4v) is 3.32. The number of likely N-dealkylation sites (N-methyl/N-ethyl adjacent to an activating group) is 1. The van der Waals surface area contributed by atoms with Crippen LogP contribution in [0, 0.1) is 5.92 Å². The zero-order valence-corrected chi connectivity index (χ0v) is 11.5. The molecular weight excluding hydrogens is 260 g/mol. The Labute approximate surface area is 108 Å². The highest BCUT2D eigenvalue weighted by molar-refractivity contribution is 7.86. The number of aliphatic hydroxyl groups excluding tert-OH is 1. The minimum atomic E-state index is -3.53. The molecule has 1 aliphatic rings. The van der Waals surface area contributed by atoms with Crippen LogP contribution in [0.15, 0.2) is 0 Å². The third-order valence-electron chi connectivity index (χ3n) is 3.12. The van der Waals surface area contributed by atoms with Gasteiger partial charge in [0.1, 0.15) is 0 Å². The minimum Gasteiger partial charge on any atom is -0.469 e. The maximum atomic E-state index is 12.0. The highest BCUT2D eigenvalue weighted by Gasteiger charge is 2.33. The van der Waals surface area contributed by atoms with Crippen LogP contribution in [0.2, 0.25) is 0 Å². The van der Waals surface area contributed by atoms with Crippen molar-refractivity contribution in [2.45, 2.75) is 12.8 Å². The van der Waals surface area contributed by atoms with E-state index in [0.717, 1.165) is 4.31 Å². The summed E-state index contributed by atoms with van der Waals surface area (Å²) >= 11 is 0. The fourth-order valence-electron chi connectivity index (χ4n) is 1.94. The molecule has 0 unspecified atom stereocenters. The van der Waals surface area contributed by atoms with Crippen LogP contribution >= 0.6 is 0 Å². The molecule has 0 aromatic carbocycles. The maximum absolute atomic E-state index is 12.0. The van der Waals surface area contributed by atoms with E-state index in [1.165, 1.54) is 18.5 Å². The van der Waals surface area contributed by atoms with E-state index >= 15 is 0 Å². The molecule has 7 nitrogen and oxygen atoms in total. The smallest absolute Gasteiger partial charge is 0.308 e. The molecule has 18 heavy (non-hydrogen) atoms. The predicted molar refractivity (Wildman–Crippen MR) is 64.9 cm³/mol. The molecule has 0 aliphatic carbocycles. The SMILES string of the molecule is COC(=O)C1CCN(S(=O)(=O)N(C)CCO)CC1. The van der Waals surface area contributed by atoms with Gasteiger partial charge < -0.3 is 9.84 Å². The molecule has 8 heteroatoms. The van der Waals surface area contributed by atoms with Crippen LogP contribution in [0.4, 0.5) is 0 Å². The topological polar surface area (TPSA) is 87.2 Å². The highest BCUT2D eigenvalue weighted by Crippen LogP contribution is 2.21. The van der Waals surface area contributed by atoms with E-state index in [9.17, 15) is 13.2 Å². The van der Waals surface area contributed by atoms with E-state index in [1.54, 1.807) is 0 Å². The number of piperidine rings is 1. The Bertz CT molecular complexity index is 376. The second-order valence-corrected chi connectivity index (χ2v) is 6.28. The third kappa shape index (κ3) is 3.41. The first-order valence-corrected chi connectivity index (χ1v) is 7.23. The van der Waals surface area contributed by atoms with Crippen molar-refractivity contribution in [3.63, 3.8) is 0 Å². The molecule has 106 valence electrons. The van der Waals surface area contributed by atoms with Gasteiger partial charge in [-0.05, 0) is 12.8 Å². The van der Waals surface area contributed by atoms with Gasteiger partial charge in [0.2, 0.25) is 0 Å². The van der Waals surface area contributed by atoms with Crippen LogP contribution in [-0.4, -0.2) is 68.5 Å². The molecule has 0 aromatic rings. The molecule has 0 atom stereocenters. The van der Waals surface area contributed by atoms with E-state index in [1.807, 2.05) is 0 Å². The largest absolute Gasteiger partial charge is 0.469 e. The Morgan fingerprint density at radius 3 is 2.44 bits per heavy atom. The van der Waals surface area contributed by atoms with Gasteiger partial charge in [0.15, 0.2) is 0 Å². The van der Waals surface area contributed by atoms with Gasteiger partial charge in [-0.1, -0.05) is 0 Å². The first-order chi connectivity index (χ1) is 8.43. The quantitative estimate of drug-likeness (QED) is 0.655. The molecule has 0 bridgehead atoms. The zero-order valence-electron chi connectivity index (χ0n) is 10.7. The lowest BCUT2D eigenvalue weighted by Crippen LogP contribution is -2.47. The molecule has 0 aromatic heterocycles. The number of esters is 1. The van der Waals surface area contributed by atoms with Crippen molar-refractivity contribution >= 4 is 16.2 Å². The average molecular weight is 280 g/mol. The Kier molecular flexibility index (Phi) is 5.51. The summed E-state index contributed by atoms with van der Waals surface area (Å²) in [4.78, 5) is 11.3. The summed E-state index contributed by atoms with van der Waals surface area (Å²) in [5.41, 5.74) is 0. The number of carbonyl (C=O) groups excluding carboxylic acids is 1. The van der Waals surface area contributed by atoms with Crippen LogP contribution in [0.3, 0.4) is 0 Å². The van der Waals surface area contributed by atoms with Crippen molar-refractivity contribution in [2.24, 2.45) is 5.92 Å². The second-order valence-electron chi connectivity index (χ2n) is 4.25. The van der Waals surface area contributed by atoms with Crippen molar-refractivity contribution < 1.29 is 23.1 Å². The normalized spacial score (nSPS) is 19.1. The van der Waals surface area contributed by atoms with Gasteiger partial charge in [-0.2, -0.15) is 17.0 Å². The maximum Gasteiger partial charge on any atom is 0.308 e. The number of methoxy groups -OCH3 is 1. The van der Waals surface area contributed by atoms with Crippen LogP contribution in [0.1, 0.15) is 12.8 Å². The van der Waals surface area contributed by atoms with Crippen molar-refractivity contribution in [3.05, 3.63) is 0 Å². The minimum absolute atomic E-state index is 0.0687. The van der Waals surface area contributed by atoms with E-state index in [-0.39, 0.29) is 25.0 Å². The number of aliphatic hydroxyl groups is 1. The number of ether oxygens (including phenoxy) is 1. The molecule has 1 saturated heterocycles. The van der Waals surface area contributed by atoms with Gasteiger partial charge in [-0.25, -0.2) is 0 Å². The van der Waals surface area contributed by atoms with Crippen LogP contribution in [-0.2, 0) is 19.7 Å². The summed E-state index contributed by atoms with van der Waals surface area (Å²) in [6.45, 7) is 0.462. The van der Waals surface area contributed by atoms with Crippen molar-refractivity contribution in [2.75, 3.05) is 40.4 Å². The molecule has 1 N–H and O–H groups in total. The monoisotopic (exact) mass is 280 g/mol. The highest BCUT2D eigenvalue weighted by atomic mass is 32.2. The molecule has 0 saturated carbocycles. The van der Waals surface area contributed by atoms with Gasteiger partial charge in [0, 0.05) is 26.7 Å². The average Bonchev–Trinajstić information content (AvgIpc) is 2.38. The summed E-state index contributed by atoms with van der Waals surface area (Å²) in [5.74, 6) is -0.500. The summed E-state index contributed by atoms with van der Waals surface area (Å²) in [6.07, 6.45) is 0.942. The van der Waals surface area contributed by atoms with E-state index in [0.29, 0.717) is 25.9 Å². The lowest BCUT2D eigenvalue weighted by molar-refractivity contribution is -0.146. The third-order valence-corrected chi connectivity index (χ3v) is 5.11. The van der Waals surface area contributed by atoms with E-state index in [4.69, 9.17) is 5.11 Å². The fraction of sp³-hybridized carbons (Fsp3) is 0.900. The Balaban J connectivity index is 2.59. The number of nitrogens with zero attached hydrogens (tertiary/aromatic N) is 2. The van der Waals surface area contributed by atoms with Gasteiger partial charge in [-0.15, -0.1) is 0 Å². The first-order valence-electron chi connectivity index (χ1n) is 5.83. The molecule has 1 heterocycles. The van der Waals surface area contributed by atoms with Crippen LogP contribution < -0.4 is 0 Å². The number of hydrogen-bond acceptors (Lipinski definition) is 5. The summed E-state index contributed by atoms with van der Waals surface area (Å²) in [5, 5.41) is 8.76. The lowest BCUT2D eigenvalue weighted by atomic mass is 9.99. The number of rotatable bonds is 5. The number of carbonyl (C=O) groups is 1. The summed E-state index contributed by atoms with van der Waals surface area (Å²) in [7, 11) is -0.763. The van der Waals surface area contributed by atoms with Gasteiger partial charge in [-0.3, -0.25) is 4.79 Å². The Hall–Kier alpha value is -0.700. The van der Waals surface area contributed by atoms with Crippen molar-refractivity contribution in [1.82, 2.24) is 8.61 Å². The van der Waals surface area contributed by atoms with Crippen LogP contribution in [0.5, 0.6) is 0 Å². The van der Waals surface area contributed by atoms with Crippen molar-refractivity contribution in [3.8, 4) is 0 Å². The molecule has 0 radical (unpaired) electrons. The molecule has 1 rings (SSSR count). The summed E-state index contributed by atoms with van der Waals surface area (Å²) < 4.78 is 31.2. The molecule has 0 amide bonds. The Morgan fingerprint density at radius 1 is 1.44 bits per heavy atom. The van der Waals surface area contributed by atoms with Gasteiger partial charge in [0.25, 0.3) is 10.2 Å². The molecule has 1 aliphatic heterocycles. The predicted octanol–water partition coefficient (Wildman–Crippen LogP) is -0.960. The van der Waals surface area contributed by atoms with Crippen LogP contribution in [0.25, 0.3) is 0 Å². The lowest BCUT2D eigenvalue weighted by Gasteiger charge is -2.32. The standard InChI is InChI=1S/C10H20N2O5S/c1-11(7-8-13)18(15,16)12-5-3-9(4-6-12)10(14)17-2/h9,13H,3-8H2,1-2H3. The van der Waals surface area contributed by atoms with Gasteiger partial charge >= 0.3 is 5.97 Å². The molecule has 0 spiro atoms. The van der Waals surface area contributed by atoms with Crippen molar-refractivity contribution in [1.29, 1.82) is 0 Å². The number of hydrogen-bond donors (Lipinski definition) is 1. The first kappa shape index (κ1) is 15.4. The summed E-state index contributed by atoms with van der Waals surface area (Å²) in [6, 6.07) is 0. The second kappa shape index (κ2) is 6.46. The van der Waals surface area contributed by atoms with E-state index < -0.39 is 10.2 Å². The molecule has 1 fully saturated rings. The van der Waals surface area contributed by atoms with Gasteiger partial charge in [0.05, 0.1) is 19.6 Å². The molecular formula is C10H20N2O5S. The zero-order chi connectivity index (χ0) is 13.8.